The molecule has 3 heteroatoms. The largest absolute Gasteiger partial charge is 0.369 e. The summed E-state index contributed by atoms with van der Waals surface area (Å²) in [6.45, 7) is 2.30. The Morgan fingerprint density at radius 2 is 2.33 bits per heavy atom. The second kappa shape index (κ2) is 3.26. The molecule has 2 N–H and O–H groups in total. The Morgan fingerprint density at radius 1 is 1.47 bits per heavy atom. The summed E-state index contributed by atoms with van der Waals surface area (Å²) in [5.41, 5.74) is 5.86. The molecule has 3 rings (SSSR count). The van der Waals surface area contributed by atoms with Gasteiger partial charge in [-0.15, -0.1) is 0 Å². The molecule has 15 heavy (non-hydrogen) atoms. The molecule has 4 unspecified atom stereocenters. The van der Waals surface area contributed by atoms with Gasteiger partial charge in [0.15, 0.2) is 5.95 Å². The molecule has 2 saturated carbocycles. The quantitative estimate of drug-likeness (QED) is 0.806. The highest BCUT2D eigenvalue weighted by molar-refractivity contribution is 5.18. The van der Waals surface area contributed by atoms with Gasteiger partial charge in [-0.2, -0.15) is 0 Å². The lowest BCUT2D eigenvalue weighted by Crippen LogP contribution is -2.22. The van der Waals surface area contributed by atoms with Crippen LogP contribution in [0.25, 0.3) is 0 Å². The molecule has 0 spiro atoms. The summed E-state index contributed by atoms with van der Waals surface area (Å²) in [4.78, 5) is 4.11. The SMILES string of the molecule is CC(C1CC2CCC1C2)n1ccnc1N. The standard InChI is InChI=1S/C12H19N3/c1-8(15-5-4-14-12(15)13)11-7-9-2-3-10(11)6-9/h4-5,8-11H,2-3,6-7H2,1H3,(H2,13,14). The van der Waals surface area contributed by atoms with Gasteiger partial charge >= 0.3 is 0 Å². The van der Waals surface area contributed by atoms with Crippen LogP contribution in [-0.4, -0.2) is 9.55 Å². The highest BCUT2D eigenvalue weighted by Gasteiger charge is 2.42. The molecule has 0 aliphatic heterocycles. The van der Waals surface area contributed by atoms with E-state index < -0.39 is 0 Å². The summed E-state index contributed by atoms with van der Waals surface area (Å²) in [5, 5.41) is 0. The van der Waals surface area contributed by atoms with Gasteiger partial charge in [-0.3, -0.25) is 0 Å². The highest BCUT2D eigenvalue weighted by atomic mass is 15.2. The van der Waals surface area contributed by atoms with Crippen LogP contribution in [0.5, 0.6) is 0 Å². The molecule has 82 valence electrons. The van der Waals surface area contributed by atoms with Crippen molar-refractivity contribution in [1.29, 1.82) is 0 Å². The van der Waals surface area contributed by atoms with Gasteiger partial charge < -0.3 is 10.3 Å². The summed E-state index contributed by atoms with van der Waals surface area (Å²) >= 11 is 0. The first-order valence-corrected chi connectivity index (χ1v) is 6.04. The Bertz CT molecular complexity index is 358. The molecular weight excluding hydrogens is 186 g/mol. The van der Waals surface area contributed by atoms with Crippen molar-refractivity contribution in [2.75, 3.05) is 5.73 Å². The lowest BCUT2D eigenvalue weighted by atomic mass is 9.84. The zero-order chi connectivity index (χ0) is 10.4. The summed E-state index contributed by atoms with van der Waals surface area (Å²) in [6, 6.07) is 0.530. The van der Waals surface area contributed by atoms with Crippen molar-refractivity contribution in [3.8, 4) is 0 Å². The normalized spacial score (nSPS) is 35.9. The number of anilines is 1. The fraction of sp³-hybridized carbons (Fsp3) is 0.750. The van der Waals surface area contributed by atoms with E-state index >= 15 is 0 Å². The Balaban J connectivity index is 1.81. The Morgan fingerprint density at radius 3 is 2.87 bits per heavy atom. The van der Waals surface area contributed by atoms with E-state index in [0.717, 1.165) is 17.8 Å². The van der Waals surface area contributed by atoms with Crippen LogP contribution in [0, 0.1) is 17.8 Å². The molecule has 1 aromatic heterocycles. The molecule has 4 atom stereocenters. The third-order valence-corrected chi connectivity index (χ3v) is 4.55. The maximum atomic E-state index is 5.86. The van der Waals surface area contributed by atoms with E-state index in [0.29, 0.717) is 12.0 Å². The molecule has 2 aliphatic rings. The lowest BCUT2D eigenvalue weighted by molar-refractivity contribution is 0.244. The first kappa shape index (κ1) is 9.25. The number of imidazole rings is 1. The summed E-state index contributed by atoms with van der Waals surface area (Å²) < 4.78 is 2.14. The van der Waals surface area contributed by atoms with Crippen molar-refractivity contribution in [2.45, 2.75) is 38.6 Å². The van der Waals surface area contributed by atoms with E-state index in [1.165, 1.54) is 25.7 Å². The Labute approximate surface area is 90.7 Å². The molecule has 3 nitrogen and oxygen atoms in total. The third kappa shape index (κ3) is 1.36. The average Bonchev–Trinajstić information content (AvgIpc) is 2.91. The number of aromatic nitrogens is 2. The predicted octanol–water partition coefficient (Wildman–Crippen LogP) is 2.46. The van der Waals surface area contributed by atoms with Crippen molar-refractivity contribution in [3.63, 3.8) is 0 Å². The van der Waals surface area contributed by atoms with Crippen molar-refractivity contribution < 1.29 is 0 Å². The number of nitrogens with two attached hydrogens (primary N) is 1. The van der Waals surface area contributed by atoms with E-state index in [-0.39, 0.29) is 0 Å². The fourth-order valence-electron chi connectivity index (χ4n) is 3.76. The van der Waals surface area contributed by atoms with Gasteiger partial charge in [0.05, 0.1) is 0 Å². The van der Waals surface area contributed by atoms with Gasteiger partial charge in [0.25, 0.3) is 0 Å². The minimum atomic E-state index is 0.530. The van der Waals surface area contributed by atoms with Crippen LogP contribution in [0.3, 0.4) is 0 Å². The topological polar surface area (TPSA) is 43.8 Å². The second-order valence-electron chi connectivity index (χ2n) is 5.27. The van der Waals surface area contributed by atoms with E-state index in [2.05, 4.69) is 16.5 Å². The first-order valence-electron chi connectivity index (χ1n) is 6.04. The number of hydrogen-bond donors (Lipinski definition) is 1. The van der Waals surface area contributed by atoms with Gasteiger partial charge in [0.2, 0.25) is 0 Å². The minimum absolute atomic E-state index is 0.530. The lowest BCUT2D eigenvalue weighted by Gasteiger charge is -2.29. The van der Waals surface area contributed by atoms with Crippen molar-refractivity contribution in [3.05, 3.63) is 12.4 Å². The second-order valence-corrected chi connectivity index (χ2v) is 5.27. The third-order valence-electron chi connectivity index (χ3n) is 4.55. The van der Waals surface area contributed by atoms with Crippen LogP contribution >= 0.6 is 0 Å². The molecule has 2 fully saturated rings. The molecule has 0 amide bonds. The molecule has 2 aliphatic carbocycles. The number of rotatable bonds is 2. The molecule has 1 aromatic rings. The molecular formula is C12H19N3. The van der Waals surface area contributed by atoms with Crippen molar-refractivity contribution in [1.82, 2.24) is 9.55 Å². The van der Waals surface area contributed by atoms with Crippen LogP contribution in [0.2, 0.25) is 0 Å². The number of nitrogens with zero attached hydrogens (tertiary/aromatic N) is 2. The highest BCUT2D eigenvalue weighted by Crippen LogP contribution is 2.52. The molecule has 0 radical (unpaired) electrons. The smallest absolute Gasteiger partial charge is 0.200 e. The molecule has 2 bridgehead atoms. The summed E-state index contributed by atoms with van der Waals surface area (Å²) in [7, 11) is 0. The summed E-state index contributed by atoms with van der Waals surface area (Å²) in [5.74, 6) is 3.46. The van der Waals surface area contributed by atoms with Crippen LogP contribution in [0.4, 0.5) is 5.95 Å². The molecule has 0 saturated heterocycles. The maximum absolute atomic E-state index is 5.86. The average molecular weight is 205 g/mol. The van der Waals surface area contributed by atoms with Crippen LogP contribution in [0.1, 0.15) is 38.6 Å². The van der Waals surface area contributed by atoms with Gasteiger partial charge in [-0.1, -0.05) is 6.42 Å². The van der Waals surface area contributed by atoms with E-state index in [9.17, 15) is 0 Å². The minimum Gasteiger partial charge on any atom is -0.369 e. The number of hydrogen-bond acceptors (Lipinski definition) is 2. The molecule has 1 heterocycles. The Hall–Kier alpha value is -0.990. The zero-order valence-corrected chi connectivity index (χ0v) is 9.26. The van der Waals surface area contributed by atoms with E-state index in [4.69, 9.17) is 5.73 Å². The first-order chi connectivity index (χ1) is 7.25. The van der Waals surface area contributed by atoms with Gasteiger partial charge in [0.1, 0.15) is 0 Å². The number of nitrogen functional groups attached to an aromatic ring is 1. The van der Waals surface area contributed by atoms with Crippen LogP contribution in [0.15, 0.2) is 12.4 Å². The van der Waals surface area contributed by atoms with Gasteiger partial charge in [0, 0.05) is 18.4 Å². The zero-order valence-electron chi connectivity index (χ0n) is 9.26. The van der Waals surface area contributed by atoms with Crippen LogP contribution in [-0.2, 0) is 0 Å². The fourth-order valence-corrected chi connectivity index (χ4v) is 3.76. The van der Waals surface area contributed by atoms with E-state index in [1.807, 2.05) is 6.20 Å². The van der Waals surface area contributed by atoms with Crippen molar-refractivity contribution >= 4 is 5.95 Å². The number of fused-ring (bicyclic) bond motifs is 2. The predicted molar refractivity (Wildman–Crippen MR) is 60.3 cm³/mol. The Kier molecular flexibility index (Phi) is 2.01. The van der Waals surface area contributed by atoms with E-state index in [1.54, 1.807) is 6.20 Å². The summed E-state index contributed by atoms with van der Waals surface area (Å²) in [6.07, 6.45) is 9.60. The maximum Gasteiger partial charge on any atom is 0.200 e. The van der Waals surface area contributed by atoms with Gasteiger partial charge in [-0.05, 0) is 43.9 Å². The molecule has 0 aromatic carbocycles. The monoisotopic (exact) mass is 205 g/mol. The van der Waals surface area contributed by atoms with Gasteiger partial charge in [-0.25, -0.2) is 4.98 Å². The van der Waals surface area contributed by atoms with Crippen LogP contribution < -0.4 is 5.73 Å². The van der Waals surface area contributed by atoms with Crippen molar-refractivity contribution in [2.24, 2.45) is 17.8 Å².